The van der Waals surface area contributed by atoms with Crippen molar-refractivity contribution in [1.82, 2.24) is 14.8 Å². The summed E-state index contributed by atoms with van der Waals surface area (Å²) < 4.78 is 5.47. The van der Waals surface area contributed by atoms with E-state index in [0.717, 1.165) is 57.1 Å². The van der Waals surface area contributed by atoms with Gasteiger partial charge in [0.15, 0.2) is 0 Å². The molecule has 1 amide bonds. The zero-order chi connectivity index (χ0) is 18.7. The van der Waals surface area contributed by atoms with E-state index in [0.29, 0.717) is 5.92 Å². The number of piperazine rings is 1. The molecular formula is C20H32N4O2. The maximum absolute atomic E-state index is 12.3. The van der Waals surface area contributed by atoms with E-state index in [4.69, 9.17) is 9.72 Å². The molecule has 3 heterocycles. The summed E-state index contributed by atoms with van der Waals surface area (Å²) in [5.74, 6) is 0.414. The highest BCUT2D eigenvalue weighted by atomic mass is 16.5. The fourth-order valence-corrected chi connectivity index (χ4v) is 3.69. The molecule has 2 aliphatic heterocycles. The summed E-state index contributed by atoms with van der Waals surface area (Å²) in [6.07, 6.45) is 1.06. The first-order chi connectivity index (χ1) is 12.4. The van der Waals surface area contributed by atoms with Gasteiger partial charge < -0.3 is 19.4 Å². The summed E-state index contributed by atoms with van der Waals surface area (Å²) in [7, 11) is 2.17. The number of pyridine rings is 1. The molecule has 0 N–H and O–H groups in total. The maximum atomic E-state index is 12.3. The van der Waals surface area contributed by atoms with E-state index in [1.807, 2.05) is 18.7 Å². The summed E-state index contributed by atoms with van der Waals surface area (Å²) in [6.45, 7) is 12.0. The second-order valence-corrected chi connectivity index (χ2v) is 7.87. The van der Waals surface area contributed by atoms with E-state index in [-0.39, 0.29) is 18.6 Å². The standard InChI is InChI=1S/C20H32N4O2/c1-15(2)26-14-20(25)24-6-5-17(13-24)19-12-18(11-16(3)21-19)23-9-7-22(4)8-10-23/h11-12,15,17H,5-10,13-14H2,1-4H3. The van der Waals surface area contributed by atoms with E-state index < -0.39 is 0 Å². The summed E-state index contributed by atoms with van der Waals surface area (Å²) in [4.78, 5) is 23.8. The SMILES string of the molecule is Cc1cc(N2CCN(C)CC2)cc(C2CCN(C(=O)COC(C)C)C2)n1. The monoisotopic (exact) mass is 360 g/mol. The Hall–Kier alpha value is -1.66. The second-order valence-electron chi connectivity index (χ2n) is 7.87. The summed E-state index contributed by atoms with van der Waals surface area (Å²) in [5.41, 5.74) is 3.46. The van der Waals surface area contributed by atoms with Crippen molar-refractivity contribution in [2.45, 2.75) is 39.2 Å². The predicted octanol–water partition coefficient (Wildman–Crippen LogP) is 1.88. The first-order valence-corrected chi connectivity index (χ1v) is 9.74. The second kappa shape index (κ2) is 8.35. The smallest absolute Gasteiger partial charge is 0.248 e. The van der Waals surface area contributed by atoms with Crippen molar-refractivity contribution in [3.8, 4) is 0 Å². The number of aryl methyl sites for hydroxylation is 1. The van der Waals surface area contributed by atoms with Gasteiger partial charge in [-0.25, -0.2) is 0 Å². The molecule has 0 saturated carbocycles. The highest BCUT2D eigenvalue weighted by molar-refractivity contribution is 5.77. The van der Waals surface area contributed by atoms with Crippen LogP contribution in [0.2, 0.25) is 0 Å². The molecule has 1 aromatic rings. The number of anilines is 1. The van der Waals surface area contributed by atoms with Gasteiger partial charge in [-0.15, -0.1) is 0 Å². The molecule has 2 aliphatic rings. The number of likely N-dealkylation sites (N-methyl/N-ethyl adjacent to an activating group) is 1. The lowest BCUT2D eigenvalue weighted by molar-refractivity contribution is -0.136. The number of carbonyl (C=O) groups is 1. The quantitative estimate of drug-likeness (QED) is 0.802. The number of amides is 1. The largest absolute Gasteiger partial charge is 0.369 e. The zero-order valence-electron chi connectivity index (χ0n) is 16.6. The van der Waals surface area contributed by atoms with Crippen molar-refractivity contribution in [1.29, 1.82) is 0 Å². The summed E-state index contributed by atoms with van der Waals surface area (Å²) in [5, 5.41) is 0. The molecule has 144 valence electrons. The first-order valence-electron chi connectivity index (χ1n) is 9.74. The molecule has 0 radical (unpaired) electrons. The number of carbonyl (C=O) groups excluding carboxylic acids is 1. The van der Waals surface area contributed by atoms with Crippen molar-refractivity contribution < 1.29 is 9.53 Å². The molecule has 0 bridgehead atoms. The Morgan fingerprint density at radius 3 is 2.65 bits per heavy atom. The number of hydrogen-bond donors (Lipinski definition) is 0. The van der Waals surface area contributed by atoms with Gasteiger partial charge in [-0.2, -0.15) is 0 Å². The molecule has 1 aromatic heterocycles. The lowest BCUT2D eigenvalue weighted by Gasteiger charge is -2.34. The molecule has 2 saturated heterocycles. The molecule has 0 aromatic carbocycles. The third kappa shape index (κ3) is 4.74. The van der Waals surface area contributed by atoms with Gasteiger partial charge in [0.25, 0.3) is 0 Å². The van der Waals surface area contributed by atoms with Crippen LogP contribution in [0.5, 0.6) is 0 Å². The van der Waals surface area contributed by atoms with Gasteiger partial charge in [0.2, 0.25) is 5.91 Å². The summed E-state index contributed by atoms with van der Waals surface area (Å²) in [6, 6.07) is 4.42. The topological polar surface area (TPSA) is 48.9 Å². The molecule has 0 aliphatic carbocycles. The van der Waals surface area contributed by atoms with Crippen LogP contribution in [0.15, 0.2) is 12.1 Å². The molecule has 3 rings (SSSR count). The zero-order valence-corrected chi connectivity index (χ0v) is 16.6. The van der Waals surface area contributed by atoms with Gasteiger partial charge in [-0.3, -0.25) is 9.78 Å². The number of rotatable bonds is 5. The average molecular weight is 361 g/mol. The number of likely N-dealkylation sites (tertiary alicyclic amines) is 1. The van der Waals surface area contributed by atoms with Crippen molar-refractivity contribution in [2.24, 2.45) is 0 Å². The van der Waals surface area contributed by atoms with Crippen LogP contribution >= 0.6 is 0 Å². The lowest BCUT2D eigenvalue weighted by atomic mass is 10.0. The van der Waals surface area contributed by atoms with Crippen LogP contribution in [0.4, 0.5) is 5.69 Å². The molecule has 6 heteroatoms. The lowest BCUT2D eigenvalue weighted by Crippen LogP contribution is -2.44. The molecule has 2 fully saturated rings. The number of aromatic nitrogens is 1. The van der Waals surface area contributed by atoms with Crippen molar-refractivity contribution >= 4 is 11.6 Å². The Kier molecular flexibility index (Phi) is 6.14. The number of nitrogens with zero attached hydrogens (tertiary/aromatic N) is 4. The minimum atomic E-state index is 0.0851. The van der Waals surface area contributed by atoms with E-state index in [1.54, 1.807) is 0 Å². The molecular weight excluding hydrogens is 328 g/mol. The Bertz CT molecular complexity index is 626. The predicted molar refractivity (Wildman–Crippen MR) is 104 cm³/mol. The molecule has 6 nitrogen and oxygen atoms in total. The van der Waals surface area contributed by atoms with Gasteiger partial charge in [-0.05, 0) is 46.4 Å². The highest BCUT2D eigenvalue weighted by Crippen LogP contribution is 2.29. The molecule has 0 spiro atoms. The third-order valence-corrected chi connectivity index (χ3v) is 5.33. The van der Waals surface area contributed by atoms with Crippen LogP contribution < -0.4 is 4.90 Å². The van der Waals surface area contributed by atoms with Crippen LogP contribution in [0.3, 0.4) is 0 Å². The Morgan fingerprint density at radius 2 is 1.96 bits per heavy atom. The normalized spacial score (nSPS) is 21.7. The van der Waals surface area contributed by atoms with E-state index in [9.17, 15) is 4.79 Å². The maximum Gasteiger partial charge on any atom is 0.248 e. The Morgan fingerprint density at radius 1 is 1.23 bits per heavy atom. The molecule has 1 unspecified atom stereocenters. The Labute approximate surface area is 157 Å². The van der Waals surface area contributed by atoms with E-state index in [2.05, 4.69) is 35.9 Å². The summed E-state index contributed by atoms with van der Waals surface area (Å²) >= 11 is 0. The van der Waals surface area contributed by atoms with Gasteiger partial charge in [0, 0.05) is 62.3 Å². The van der Waals surface area contributed by atoms with Crippen LogP contribution in [0.1, 0.15) is 37.6 Å². The first kappa shape index (κ1) is 19.1. The Balaban J connectivity index is 1.65. The van der Waals surface area contributed by atoms with Crippen LogP contribution in [0, 0.1) is 6.92 Å². The van der Waals surface area contributed by atoms with Gasteiger partial charge >= 0.3 is 0 Å². The van der Waals surface area contributed by atoms with Crippen molar-refractivity contribution in [2.75, 3.05) is 57.8 Å². The van der Waals surface area contributed by atoms with Crippen molar-refractivity contribution in [3.63, 3.8) is 0 Å². The number of hydrogen-bond acceptors (Lipinski definition) is 5. The fourth-order valence-electron chi connectivity index (χ4n) is 3.69. The highest BCUT2D eigenvalue weighted by Gasteiger charge is 2.29. The van der Waals surface area contributed by atoms with Gasteiger partial charge in [-0.1, -0.05) is 0 Å². The van der Waals surface area contributed by atoms with E-state index in [1.165, 1.54) is 5.69 Å². The fraction of sp³-hybridized carbons (Fsp3) is 0.700. The van der Waals surface area contributed by atoms with Crippen LogP contribution in [0.25, 0.3) is 0 Å². The average Bonchev–Trinajstić information content (AvgIpc) is 3.10. The number of ether oxygens (including phenoxy) is 1. The minimum Gasteiger partial charge on any atom is -0.369 e. The molecule has 26 heavy (non-hydrogen) atoms. The van der Waals surface area contributed by atoms with Crippen molar-refractivity contribution in [3.05, 3.63) is 23.5 Å². The third-order valence-electron chi connectivity index (χ3n) is 5.33. The minimum absolute atomic E-state index is 0.0851. The molecule has 1 atom stereocenters. The van der Waals surface area contributed by atoms with Crippen LogP contribution in [-0.2, 0) is 9.53 Å². The van der Waals surface area contributed by atoms with Gasteiger partial charge in [0.1, 0.15) is 6.61 Å². The van der Waals surface area contributed by atoms with Crippen LogP contribution in [-0.4, -0.2) is 79.7 Å². The van der Waals surface area contributed by atoms with Gasteiger partial charge in [0.05, 0.1) is 6.10 Å². The van der Waals surface area contributed by atoms with E-state index >= 15 is 0 Å².